The minimum Gasteiger partial charge on any atom is -0.491 e. The zero-order chi connectivity index (χ0) is 22.5. The van der Waals surface area contributed by atoms with E-state index in [0.717, 1.165) is 24.4 Å². The van der Waals surface area contributed by atoms with Gasteiger partial charge in [-0.1, -0.05) is 35.9 Å². The van der Waals surface area contributed by atoms with Gasteiger partial charge in [-0.2, -0.15) is 13.2 Å². The zero-order valence-corrected chi connectivity index (χ0v) is 18.1. The summed E-state index contributed by atoms with van der Waals surface area (Å²) in [4.78, 5) is 4.75. The highest BCUT2D eigenvalue weighted by Crippen LogP contribution is 2.43. The summed E-state index contributed by atoms with van der Waals surface area (Å²) in [6.07, 6.45) is -4.47. The average molecular weight is 466 g/mol. The number of halogens is 4. The van der Waals surface area contributed by atoms with Crippen LogP contribution in [0, 0.1) is 0 Å². The van der Waals surface area contributed by atoms with Crippen LogP contribution in [0.25, 0.3) is 10.9 Å². The second kappa shape index (κ2) is 8.17. The van der Waals surface area contributed by atoms with Gasteiger partial charge in [0.15, 0.2) is 0 Å². The number of nitrogens with one attached hydrogen (secondary N) is 2. The summed E-state index contributed by atoms with van der Waals surface area (Å²) in [7, 11) is 0. The van der Waals surface area contributed by atoms with Crippen LogP contribution in [0.4, 0.5) is 18.9 Å². The number of fused-ring (bicyclic) bond motifs is 2. The quantitative estimate of drug-likeness (QED) is 0.538. The van der Waals surface area contributed by atoms with Crippen molar-refractivity contribution in [1.82, 2.24) is 9.88 Å². The van der Waals surface area contributed by atoms with Crippen molar-refractivity contribution in [3.8, 4) is 5.75 Å². The molecule has 0 bridgehead atoms. The monoisotopic (exact) mass is 465 g/mol. The van der Waals surface area contributed by atoms with Crippen molar-refractivity contribution >= 4 is 28.2 Å². The fourth-order valence-corrected chi connectivity index (χ4v) is 5.03. The molecular weight excluding hydrogens is 443 g/mol. The first-order valence-electron chi connectivity index (χ1n) is 10.5. The molecule has 170 valence electrons. The Morgan fingerprint density at radius 3 is 2.75 bits per heavy atom. The van der Waals surface area contributed by atoms with E-state index in [1.807, 2.05) is 31.2 Å². The van der Waals surface area contributed by atoms with Crippen molar-refractivity contribution in [2.75, 3.05) is 31.6 Å². The first-order chi connectivity index (χ1) is 15.3. The van der Waals surface area contributed by atoms with Gasteiger partial charge in [0.2, 0.25) is 0 Å². The molecule has 5 rings (SSSR count). The van der Waals surface area contributed by atoms with Crippen LogP contribution < -0.4 is 10.1 Å². The molecule has 1 fully saturated rings. The molecule has 1 aromatic heterocycles. The van der Waals surface area contributed by atoms with E-state index >= 15 is 0 Å². The van der Waals surface area contributed by atoms with E-state index in [2.05, 4.69) is 15.2 Å². The first-order valence-corrected chi connectivity index (χ1v) is 10.9. The Hall–Kier alpha value is -2.42. The molecule has 3 heterocycles. The number of hydrogen-bond donors (Lipinski definition) is 2. The predicted octanol–water partition coefficient (Wildman–Crippen LogP) is 5.48. The molecule has 5 nitrogen and oxygen atoms in total. The number of ether oxygens (including phenoxy) is 2. The molecule has 0 radical (unpaired) electrons. The summed E-state index contributed by atoms with van der Waals surface area (Å²) in [6.45, 7) is 4.63. The van der Waals surface area contributed by atoms with E-state index in [1.54, 1.807) is 18.2 Å². The highest BCUT2D eigenvalue weighted by molar-refractivity contribution is 6.37. The molecule has 9 heteroatoms. The Morgan fingerprint density at radius 2 is 1.97 bits per heavy atom. The van der Waals surface area contributed by atoms with Crippen LogP contribution in [-0.2, 0) is 10.9 Å². The maximum absolute atomic E-state index is 13.4. The van der Waals surface area contributed by atoms with Crippen LogP contribution in [-0.4, -0.2) is 48.3 Å². The van der Waals surface area contributed by atoms with Crippen LogP contribution in [0.2, 0.25) is 5.02 Å². The highest BCUT2D eigenvalue weighted by Gasteiger charge is 2.39. The van der Waals surface area contributed by atoms with Crippen LogP contribution in [0.5, 0.6) is 5.75 Å². The lowest BCUT2D eigenvalue weighted by atomic mass is 9.94. The van der Waals surface area contributed by atoms with Crippen molar-refractivity contribution in [1.29, 1.82) is 0 Å². The third kappa shape index (κ3) is 3.80. The van der Waals surface area contributed by atoms with E-state index in [1.165, 1.54) is 0 Å². The summed E-state index contributed by atoms with van der Waals surface area (Å²) in [5, 5.41) is 3.52. The molecule has 2 aliphatic heterocycles. The standard InChI is InChI=1S/C23H23ClF3N3O2/c1-13-11-30(9-10-31-13)17-12-32-18-8-3-2-5-14(18)21(17)28-15-6-4-7-16-19(15)20(24)22(29-16)23(25,26)27/h2-8,13,17,21,28-29H,9-12H2,1H3. The number of para-hydroxylation sites is 1. The van der Waals surface area contributed by atoms with Gasteiger partial charge in [0.1, 0.15) is 18.1 Å². The Kier molecular flexibility index (Phi) is 5.47. The smallest absolute Gasteiger partial charge is 0.432 e. The lowest BCUT2D eigenvalue weighted by Crippen LogP contribution is -2.54. The molecule has 3 atom stereocenters. The summed E-state index contributed by atoms with van der Waals surface area (Å²) >= 11 is 6.23. The third-order valence-electron chi connectivity index (χ3n) is 6.15. The fraction of sp³-hybridized carbons (Fsp3) is 0.391. The topological polar surface area (TPSA) is 49.5 Å². The van der Waals surface area contributed by atoms with Gasteiger partial charge < -0.3 is 19.8 Å². The first kappa shape index (κ1) is 21.4. The van der Waals surface area contributed by atoms with Gasteiger partial charge in [-0.15, -0.1) is 0 Å². The molecule has 3 aromatic rings. The van der Waals surface area contributed by atoms with E-state index < -0.39 is 11.9 Å². The number of morpholine rings is 1. The Morgan fingerprint density at radius 1 is 1.16 bits per heavy atom. The second-order valence-electron chi connectivity index (χ2n) is 8.25. The molecule has 2 aliphatic rings. The maximum Gasteiger partial charge on any atom is 0.432 e. The third-order valence-corrected chi connectivity index (χ3v) is 6.53. The van der Waals surface area contributed by atoms with Crippen molar-refractivity contribution in [3.63, 3.8) is 0 Å². The SMILES string of the molecule is CC1CN(C2COc3ccccc3C2Nc2cccc3[nH]c(C(F)(F)F)c(Cl)c23)CCO1. The van der Waals surface area contributed by atoms with Gasteiger partial charge >= 0.3 is 6.18 Å². The lowest BCUT2D eigenvalue weighted by Gasteiger charge is -2.44. The van der Waals surface area contributed by atoms with Gasteiger partial charge in [-0.25, -0.2) is 0 Å². The lowest BCUT2D eigenvalue weighted by molar-refractivity contribution is -0.140. The van der Waals surface area contributed by atoms with Crippen LogP contribution in [0.1, 0.15) is 24.2 Å². The summed E-state index contributed by atoms with van der Waals surface area (Å²) < 4.78 is 52.1. The number of hydrogen-bond acceptors (Lipinski definition) is 4. The number of H-pyrrole nitrogens is 1. The van der Waals surface area contributed by atoms with E-state index in [0.29, 0.717) is 29.8 Å². The van der Waals surface area contributed by atoms with Crippen LogP contribution in [0.15, 0.2) is 42.5 Å². The Balaban J connectivity index is 1.57. The number of rotatable bonds is 3. The highest BCUT2D eigenvalue weighted by atomic mass is 35.5. The predicted molar refractivity (Wildman–Crippen MR) is 117 cm³/mol. The average Bonchev–Trinajstić information content (AvgIpc) is 3.12. The summed E-state index contributed by atoms with van der Waals surface area (Å²) in [6, 6.07) is 12.6. The zero-order valence-electron chi connectivity index (χ0n) is 17.4. The normalized spacial score (nSPS) is 24.2. The number of aromatic amines is 1. The second-order valence-corrected chi connectivity index (χ2v) is 8.63. The molecule has 2 aromatic carbocycles. The van der Waals surface area contributed by atoms with E-state index in [9.17, 15) is 13.2 Å². The molecule has 0 aliphatic carbocycles. The van der Waals surface area contributed by atoms with Crippen molar-refractivity contribution < 1.29 is 22.6 Å². The van der Waals surface area contributed by atoms with Gasteiger partial charge in [-0.05, 0) is 25.1 Å². The minimum atomic E-state index is -4.56. The molecular formula is C23H23ClF3N3O2. The van der Waals surface area contributed by atoms with Gasteiger partial charge in [0.25, 0.3) is 0 Å². The molecule has 0 saturated carbocycles. The van der Waals surface area contributed by atoms with Crippen molar-refractivity contribution in [2.24, 2.45) is 0 Å². The van der Waals surface area contributed by atoms with Crippen LogP contribution in [0.3, 0.4) is 0 Å². The molecule has 32 heavy (non-hydrogen) atoms. The van der Waals surface area contributed by atoms with Crippen LogP contribution >= 0.6 is 11.6 Å². The van der Waals surface area contributed by atoms with Crippen molar-refractivity contribution in [3.05, 3.63) is 58.7 Å². The molecule has 0 spiro atoms. The Labute approximate surface area is 188 Å². The number of nitrogens with zero attached hydrogens (tertiary/aromatic N) is 1. The molecule has 3 unspecified atom stereocenters. The van der Waals surface area contributed by atoms with E-state index in [-0.39, 0.29) is 23.2 Å². The molecule has 0 amide bonds. The van der Waals surface area contributed by atoms with E-state index in [4.69, 9.17) is 21.1 Å². The molecule has 2 N–H and O–H groups in total. The Bertz CT molecular complexity index is 1130. The number of anilines is 1. The number of alkyl halides is 3. The molecule has 1 saturated heterocycles. The number of benzene rings is 2. The summed E-state index contributed by atoms with van der Waals surface area (Å²) in [5.41, 5.74) is 0.911. The van der Waals surface area contributed by atoms with Gasteiger partial charge in [0, 0.05) is 35.2 Å². The minimum absolute atomic E-state index is 0.0219. The maximum atomic E-state index is 13.4. The van der Waals surface area contributed by atoms with Crippen molar-refractivity contribution in [2.45, 2.75) is 31.3 Å². The number of aromatic nitrogens is 1. The fourth-order valence-electron chi connectivity index (χ4n) is 4.67. The largest absolute Gasteiger partial charge is 0.491 e. The van der Waals surface area contributed by atoms with Gasteiger partial charge in [0.05, 0.1) is 29.8 Å². The van der Waals surface area contributed by atoms with Gasteiger partial charge in [-0.3, -0.25) is 4.90 Å². The summed E-state index contributed by atoms with van der Waals surface area (Å²) in [5.74, 6) is 0.769.